The van der Waals surface area contributed by atoms with E-state index in [4.69, 9.17) is 4.74 Å². The molecule has 2 aromatic rings. The highest BCUT2D eigenvalue weighted by molar-refractivity contribution is 9.10. The molecule has 0 radical (unpaired) electrons. The lowest BCUT2D eigenvalue weighted by Gasteiger charge is -2.19. The first-order valence-corrected chi connectivity index (χ1v) is 8.57. The molecule has 3 heteroatoms. The molecule has 3 rings (SSSR count). The van der Waals surface area contributed by atoms with Gasteiger partial charge in [-0.3, -0.25) is 0 Å². The third-order valence-corrected chi connectivity index (χ3v) is 4.94. The SMILES string of the molecule is Brc1cccc(CC(Br)c2ccc3c(c2)CCCO3)c1. The molecule has 0 aliphatic carbocycles. The van der Waals surface area contributed by atoms with Crippen molar-refractivity contribution < 1.29 is 4.74 Å². The Bertz CT molecular complexity index is 610. The minimum Gasteiger partial charge on any atom is -0.493 e. The zero-order valence-electron chi connectivity index (χ0n) is 11.1. The van der Waals surface area contributed by atoms with Crippen LogP contribution in [0.1, 0.15) is 27.9 Å². The average molecular weight is 396 g/mol. The zero-order valence-corrected chi connectivity index (χ0v) is 14.3. The van der Waals surface area contributed by atoms with Crippen molar-refractivity contribution in [2.45, 2.75) is 24.1 Å². The lowest BCUT2D eigenvalue weighted by molar-refractivity contribution is 0.288. The van der Waals surface area contributed by atoms with Crippen LogP contribution in [0.4, 0.5) is 0 Å². The Kier molecular flexibility index (Phi) is 4.47. The molecule has 0 spiro atoms. The van der Waals surface area contributed by atoms with Crippen LogP contribution in [0, 0.1) is 0 Å². The molecule has 1 aliphatic rings. The predicted molar refractivity (Wildman–Crippen MR) is 89.8 cm³/mol. The molecule has 104 valence electrons. The molecule has 0 bridgehead atoms. The van der Waals surface area contributed by atoms with Gasteiger partial charge in [0.1, 0.15) is 5.75 Å². The number of alkyl halides is 1. The van der Waals surface area contributed by atoms with Gasteiger partial charge in [-0.05, 0) is 54.2 Å². The van der Waals surface area contributed by atoms with E-state index >= 15 is 0 Å². The van der Waals surface area contributed by atoms with Crippen LogP contribution in [0.3, 0.4) is 0 Å². The second-order valence-corrected chi connectivity index (χ2v) is 7.14. The molecule has 2 aromatic carbocycles. The van der Waals surface area contributed by atoms with Crippen molar-refractivity contribution >= 4 is 31.9 Å². The third-order valence-electron chi connectivity index (χ3n) is 3.60. The van der Waals surface area contributed by atoms with E-state index in [2.05, 4.69) is 74.3 Å². The fourth-order valence-electron chi connectivity index (χ4n) is 2.56. The predicted octanol–water partition coefficient (Wildman–Crippen LogP) is 5.45. The van der Waals surface area contributed by atoms with E-state index in [0.717, 1.165) is 36.1 Å². The Labute approximate surface area is 136 Å². The van der Waals surface area contributed by atoms with Crippen LogP contribution >= 0.6 is 31.9 Å². The maximum atomic E-state index is 5.67. The first-order chi connectivity index (χ1) is 9.72. The summed E-state index contributed by atoms with van der Waals surface area (Å²) in [4.78, 5) is 0.337. The normalized spacial score (nSPS) is 15.3. The van der Waals surface area contributed by atoms with E-state index < -0.39 is 0 Å². The summed E-state index contributed by atoms with van der Waals surface area (Å²) >= 11 is 7.34. The number of halogens is 2. The first-order valence-electron chi connectivity index (χ1n) is 6.86. The highest BCUT2D eigenvalue weighted by Gasteiger charge is 2.14. The van der Waals surface area contributed by atoms with Gasteiger partial charge in [0.25, 0.3) is 0 Å². The average Bonchev–Trinajstić information content (AvgIpc) is 2.47. The van der Waals surface area contributed by atoms with Crippen LogP contribution in [-0.2, 0) is 12.8 Å². The molecule has 0 aromatic heterocycles. The second-order valence-electron chi connectivity index (χ2n) is 5.12. The van der Waals surface area contributed by atoms with Crippen LogP contribution in [-0.4, -0.2) is 6.61 Å². The molecule has 1 unspecified atom stereocenters. The van der Waals surface area contributed by atoms with E-state index in [9.17, 15) is 0 Å². The van der Waals surface area contributed by atoms with Crippen molar-refractivity contribution in [2.24, 2.45) is 0 Å². The summed E-state index contributed by atoms with van der Waals surface area (Å²) < 4.78 is 6.80. The quantitative estimate of drug-likeness (QED) is 0.627. The van der Waals surface area contributed by atoms with E-state index in [-0.39, 0.29) is 0 Å². The van der Waals surface area contributed by atoms with E-state index in [0.29, 0.717) is 4.83 Å². The van der Waals surface area contributed by atoms with Crippen LogP contribution in [0.25, 0.3) is 0 Å². The van der Waals surface area contributed by atoms with Crippen molar-refractivity contribution in [1.82, 2.24) is 0 Å². The Hall–Kier alpha value is -0.800. The largest absolute Gasteiger partial charge is 0.493 e. The van der Waals surface area contributed by atoms with Gasteiger partial charge >= 0.3 is 0 Å². The Morgan fingerprint density at radius 3 is 2.90 bits per heavy atom. The minimum absolute atomic E-state index is 0.337. The molecular formula is C17H16Br2O. The maximum Gasteiger partial charge on any atom is 0.122 e. The minimum atomic E-state index is 0.337. The topological polar surface area (TPSA) is 9.23 Å². The molecule has 20 heavy (non-hydrogen) atoms. The summed E-state index contributed by atoms with van der Waals surface area (Å²) in [6, 6.07) is 15.0. The second kappa shape index (κ2) is 6.31. The number of benzene rings is 2. The summed E-state index contributed by atoms with van der Waals surface area (Å²) in [6.07, 6.45) is 3.23. The molecule has 0 saturated carbocycles. The monoisotopic (exact) mass is 394 g/mol. The van der Waals surface area contributed by atoms with E-state index in [1.165, 1.54) is 16.7 Å². The number of hydrogen-bond acceptors (Lipinski definition) is 1. The van der Waals surface area contributed by atoms with Gasteiger partial charge in [-0.2, -0.15) is 0 Å². The highest BCUT2D eigenvalue weighted by Crippen LogP contribution is 2.33. The van der Waals surface area contributed by atoms with Gasteiger partial charge in [0.05, 0.1) is 6.61 Å². The Morgan fingerprint density at radius 1 is 1.15 bits per heavy atom. The van der Waals surface area contributed by atoms with Crippen LogP contribution < -0.4 is 4.74 Å². The number of fused-ring (bicyclic) bond motifs is 1. The van der Waals surface area contributed by atoms with Gasteiger partial charge in [-0.15, -0.1) is 0 Å². The molecule has 0 amide bonds. The smallest absolute Gasteiger partial charge is 0.122 e. The molecule has 0 fully saturated rings. The number of ether oxygens (including phenoxy) is 1. The van der Waals surface area contributed by atoms with Crippen molar-refractivity contribution in [3.63, 3.8) is 0 Å². The van der Waals surface area contributed by atoms with Gasteiger partial charge in [0.15, 0.2) is 0 Å². The molecule has 0 saturated heterocycles. The van der Waals surface area contributed by atoms with E-state index in [1.54, 1.807) is 0 Å². The fourth-order valence-corrected chi connectivity index (χ4v) is 3.67. The summed E-state index contributed by atoms with van der Waals surface area (Å²) in [6.45, 7) is 0.849. The molecule has 0 N–H and O–H groups in total. The summed E-state index contributed by atoms with van der Waals surface area (Å²) in [5.74, 6) is 1.06. The Morgan fingerprint density at radius 2 is 2.05 bits per heavy atom. The van der Waals surface area contributed by atoms with Gasteiger partial charge in [-0.25, -0.2) is 0 Å². The summed E-state index contributed by atoms with van der Waals surface area (Å²) in [5, 5.41) is 0. The number of aryl methyl sites for hydroxylation is 1. The summed E-state index contributed by atoms with van der Waals surface area (Å²) in [7, 11) is 0. The van der Waals surface area contributed by atoms with Crippen LogP contribution in [0.15, 0.2) is 46.9 Å². The first kappa shape index (κ1) is 14.2. The van der Waals surface area contributed by atoms with Crippen molar-refractivity contribution in [3.05, 3.63) is 63.6 Å². The van der Waals surface area contributed by atoms with Crippen molar-refractivity contribution in [1.29, 1.82) is 0 Å². The van der Waals surface area contributed by atoms with Crippen LogP contribution in [0.2, 0.25) is 0 Å². The molecule has 1 heterocycles. The maximum absolute atomic E-state index is 5.67. The molecule has 1 aliphatic heterocycles. The molecule has 1 atom stereocenters. The van der Waals surface area contributed by atoms with E-state index in [1.807, 2.05) is 0 Å². The fraction of sp³-hybridized carbons (Fsp3) is 0.294. The Balaban J connectivity index is 1.78. The summed E-state index contributed by atoms with van der Waals surface area (Å²) in [5.41, 5.74) is 4.00. The number of hydrogen-bond donors (Lipinski definition) is 0. The van der Waals surface area contributed by atoms with Gasteiger partial charge in [0.2, 0.25) is 0 Å². The highest BCUT2D eigenvalue weighted by atomic mass is 79.9. The third kappa shape index (κ3) is 3.26. The lowest BCUT2D eigenvalue weighted by atomic mass is 9.99. The lowest BCUT2D eigenvalue weighted by Crippen LogP contribution is -2.09. The van der Waals surface area contributed by atoms with Gasteiger partial charge in [0, 0.05) is 9.30 Å². The van der Waals surface area contributed by atoms with Crippen LogP contribution in [0.5, 0.6) is 5.75 Å². The molecule has 1 nitrogen and oxygen atoms in total. The molecular weight excluding hydrogens is 380 g/mol. The van der Waals surface area contributed by atoms with Crippen molar-refractivity contribution in [3.8, 4) is 5.75 Å². The van der Waals surface area contributed by atoms with Crippen molar-refractivity contribution in [2.75, 3.05) is 6.61 Å². The number of rotatable bonds is 3. The van der Waals surface area contributed by atoms with Gasteiger partial charge in [-0.1, -0.05) is 56.1 Å². The standard InChI is InChI=1S/C17H16Br2O/c18-15-5-1-3-12(9-15)10-16(19)13-6-7-17-14(11-13)4-2-8-20-17/h1,3,5-7,9,11,16H,2,4,8,10H2. The zero-order chi connectivity index (χ0) is 13.9. The van der Waals surface area contributed by atoms with Gasteiger partial charge < -0.3 is 4.74 Å².